The van der Waals surface area contributed by atoms with Crippen molar-refractivity contribution in [2.45, 2.75) is 38.5 Å². The van der Waals surface area contributed by atoms with Crippen LogP contribution in [0.5, 0.6) is 0 Å². The molecule has 0 aliphatic carbocycles. The summed E-state index contributed by atoms with van der Waals surface area (Å²) in [5, 5.41) is 0. The molecule has 2 aromatic carbocycles. The van der Waals surface area contributed by atoms with Crippen molar-refractivity contribution in [2.24, 2.45) is 0 Å². The van der Waals surface area contributed by atoms with E-state index in [2.05, 4.69) is 29.2 Å². The number of hydrogen-bond donors (Lipinski definition) is 1. The second-order valence-electron chi connectivity index (χ2n) is 7.40. The average molecular weight is 349 g/mol. The summed E-state index contributed by atoms with van der Waals surface area (Å²) in [4.78, 5) is 17.6. The number of hydrogen-bond acceptors (Lipinski definition) is 3. The van der Waals surface area contributed by atoms with Gasteiger partial charge in [0, 0.05) is 18.7 Å². The van der Waals surface area contributed by atoms with Gasteiger partial charge < -0.3 is 10.6 Å². The Morgan fingerprint density at radius 2 is 1.65 bits per heavy atom. The van der Waals surface area contributed by atoms with E-state index in [9.17, 15) is 4.79 Å². The van der Waals surface area contributed by atoms with E-state index >= 15 is 0 Å². The van der Waals surface area contributed by atoms with Gasteiger partial charge in [-0.2, -0.15) is 0 Å². The number of carbonyl (C=O) groups is 1. The highest BCUT2D eigenvalue weighted by atomic mass is 16.2. The van der Waals surface area contributed by atoms with Crippen molar-refractivity contribution in [3.8, 4) is 0 Å². The minimum absolute atomic E-state index is 0.164. The lowest BCUT2D eigenvalue weighted by molar-refractivity contribution is -0.118. The second kappa shape index (κ2) is 7.50. The van der Waals surface area contributed by atoms with Gasteiger partial charge in [-0.25, -0.2) is 0 Å². The molecule has 0 bridgehead atoms. The molecule has 1 amide bonds. The van der Waals surface area contributed by atoms with Crippen molar-refractivity contribution in [1.29, 1.82) is 0 Å². The smallest absolute Gasteiger partial charge is 0.232 e. The molecule has 4 rings (SSSR count). The maximum atomic E-state index is 13.3. The first kappa shape index (κ1) is 17.1. The summed E-state index contributed by atoms with van der Waals surface area (Å²) in [7, 11) is 0. The first-order valence-electron chi connectivity index (χ1n) is 9.74. The van der Waals surface area contributed by atoms with Crippen molar-refractivity contribution in [3.05, 3.63) is 53.6 Å². The molecule has 0 atom stereocenters. The van der Waals surface area contributed by atoms with Crippen LogP contribution in [0.4, 0.5) is 17.1 Å². The standard InChI is InChI=1S/C22H27N3O/c23-19-11-10-18-9-8-17-6-2-3-7-20(17)25(21(18)16-19)22(26)12-15-24-13-4-1-5-14-24/h2-3,6-7,10-11,16H,1,4-5,8-9,12-15,23H2. The Hall–Kier alpha value is -2.33. The van der Waals surface area contributed by atoms with Gasteiger partial charge in [-0.05, 0) is 68.1 Å². The molecule has 2 N–H and O–H groups in total. The Bertz CT molecular complexity index is 796. The van der Waals surface area contributed by atoms with Crippen molar-refractivity contribution in [2.75, 3.05) is 30.3 Å². The van der Waals surface area contributed by atoms with Crippen LogP contribution in [0.25, 0.3) is 0 Å². The van der Waals surface area contributed by atoms with Gasteiger partial charge in [-0.1, -0.05) is 30.7 Å². The van der Waals surface area contributed by atoms with Crippen LogP contribution in [0.2, 0.25) is 0 Å². The average Bonchev–Trinajstić information content (AvgIpc) is 2.83. The maximum Gasteiger partial charge on any atom is 0.232 e. The number of benzene rings is 2. The maximum absolute atomic E-state index is 13.3. The first-order valence-corrected chi connectivity index (χ1v) is 9.74. The summed E-state index contributed by atoms with van der Waals surface area (Å²) >= 11 is 0. The van der Waals surface area contributed by atoms with Crippen LogP contribution in [0, 0.1) is 0 Å². The van der Waals surface area contributed by atoms with E-state index in [-0.39, 0.29) is 5.91 Å². The van der Waals surface area contributed by atoms with E-state index in [0.717, 1.165) is 43.9 Å². The van der Waals surface area contributed by atoms with Crippen molar-refractivity contribution >= 4 is 23.0 Å². The van der Waals surface area contributed by atoms with Crippen LogP contribution in [-0.4, -0.2) is 30.4 Å². The highest BCUT2D eigenvalue weighted by Crippen LogP contribution is 2.37. The lowest BCUT2D eigenvalue weighted by Gasteiger charge is -2.29. The molecule has 26 heavy (non-hydrogen) atoms. The van der Waals surface area contributed by atoms with Gasteiger partial charge in [0.15, 0.2) is 0 Å². The van der Waals surface area contributed by atoms with E-state index < -0.39 is 0 Å². The fraction of sp³-hybridized carbons (Fsp3) is 0.409. The number of amides is 1. The van der Waals surface area contributed by atoms with Crippen LogP contribution in [0.1, 0.15) is 36.8 Å². The minimum atomic E-state index is 0.164. The molecule has 0 saturated carbocycles. The summed E-state index contributed by atoms with van der Waals surface area (Å²) < 4.78 is 0. The molecule has 136 valence electrons. The van der Waals surface area contributed by atoms with E-state index in [4.69, 9.17) is 5.73 Å². The van der Waals surface area contributed by atoms with Gasteiger partial charge in [0.2, 0.25) is 5.91 Å². The number of rotatable bonds is 3. The number of anilines is 3. The van der Waals surface area contributed by atoms with Gasteiger partial charge >= 0.3 is 0 Å². The van der Waals surface area contributed by atoms with Gasteiger partial charge in [0.25, 0.3) is 0 Å². The van der Waals surface area contributed by atoms with E-state index in [0.29, 0.717) is 12.1 Å². The van der Waals surface area contributed by atoms with Crippen LogP contribution in [0.15, 0.2) is 42.5 Å². The predicted molar refractivity (Wildman–Crippen MR) is 107 cm³/mol. The van der Waals surface area contributed by atoms with Gasteiger partial charge in [0.1, 0.15) is 0 Å². The summed E-state index contributed by atoms with van der Waals surface area (Å²) in [6, 6.07) is 14.2. The molecule has 2 aliphatic rings. The van der Waals surface area contributed by atoms with Crippen molar-refractivity contribution in [3.63, 3.8) is 0 Å². The Labute approximate surface area is 155 Å². The largest absolute Gasteiger partial charge is 0.399 e. The third kappa shape index (κ3) is 3.47. The molecule has 2 aliphatic heterocycles. The Morgan fingerprint density at radius 3 is 2.46 bits per heavy atom. The molecular formula is C22H27N3O. The third-order valence-corrected chi connectivity index (χ3v) is 5.59. The monoisotopic (exact) mass is 349 g/mol. The molecule has 4 nitrogen and oxygen atoms in total. The van der Waals surface area contributed by atoms with Crippen molar-refractivity contribution < 1.29 is 4.79 Å². The molecule has 1 saturated heterocycles. The van der Waals surface area contributed by atoms with Crippen LogP contribution in [-0.2, 0) is 17.6 Å². The molecule has 0 unspecified atom stereocenters. The summed E-state index contributed by atoms with van der Waals surface area (Å²) in [5.74, 6) is 0.164. The van der Waals surface area contributed by atoms with Gasteiger partial charge in [0.05, 0.1) is 11.4 Å². The van der Waals surface area contributed by atoms with Gasteiger partial charge in [-0.3, -0.25) is 9.69 Å². The Balaban J connectivity index is 1.64. The zero-order valence-electron chi connectivity index (χ0n) is 15.3. The van der Waals surface area contributed by atoms with E-state index in [1.807, 2.05) is 23.1 Å². The highest BCUT2D eigenvalue weighted by Gasteiger charge is 2.26. The van der Waals surface area contributed by atoms with Gasteiger partial charge in [-0.15, -0.1) is 0 Å². The number of carbonyl (C=O) groups excluding carboxylic acids is 1. The van der Waals surface area contributed by atoms with Crippen LogP contribution in [0.3, 0.4) is 0 Å². The second-order valence-corrected chi connectivity index (χ2v) is 7.40. The molecule has 1 fully saturated rings. The number of piperidine rings is 1. The Morgan fingerprint density at radius 1 is 0.923 bits per heavy atom. The summed E-state index contributed by atoms with van der Waals surface area (Å²) in [6.45, 7) is 3.08. The topological polar surface area (TPSA) is 49.6 Å². The number of nitrogens with two attached hydrogens (primary N) is 1. The number of fused-ring (bicyclic) bond motifs is 2. The zero-order chi connectivity index (χ0) is 17.9. The fourth-order valence-corrected chi connectivity index (χ4v) is 4.16. The number of nitrogen functional groups attached to an aromatic ring is 1. The van der Waals surface area contributed by atoms with Crippen LogP contribution < -0.4 is 10.6 Å². The molecule has 0 radical (unpaired) electrons. The zero-order valence-corrected chi connectivity index (χ0v) is 15.3. The molecule has 2 heterocycles. The fourth-order valence-electron chi connectivity index (χ4n) is 4.16. The van der Waals surface area contributed by atoms with E-state index in [1.54, 1.807) is 0 Å². The number of aryl methyl sites for hydroxylation is 2. The molecule has 0 spiro atoms. The van der Waals surface area contributed by atoms with Crippen molar-refractivity contribution in [1.82, 2.24) is 4.90 Å². The Kier molecular flexibility index (Phi) is 4.93. The van der Waals surface area contributed by atoms with E-state index in [1.165, 1.54) is 30.4 Å². The summed E-state index contributed by atoms with van der Waals surface area (Å²) in [5.41, 5.74) is 11.2. The predicted octanol–water partition coefficient (Wildman–Crippen LogP) is 3.91. The normalized spacial score (nSPS) is 17.3. The lowest BCUT2D eigenvalue weighted by atomic mass is 10.0. The molecular weight excluding hydrogens is 322 g/mol. The quantitative estimate of drug-likeness (QED) is 0.855. The summed E-state index contributed by atoms with van der Waals surface area (Å²) in [6.07, 6.45) is 6.24. The lowest BCUT2D eigenvalue weighted by Crippen LogP contribution is -2.35. The molecule has 4 heteroatoms. The number of nitrogens with zero attached hydrogens (tertiary/aromatic N) is 2. The SMILES string of the molecule is Nc1ccc2c(c1)N(C(=O)CCN1CCCCC1)c1ccccc1CC2. The minimum Gasteiger partial charge on any atom is -0.399 e. The highest BCUT2D eigenvalue weighted by molar-refractivity contribution is 6.02. The van der Waals surface area contributed by atoms with Crippen LogP contribution >= 0.6 is 0 Å². The number of likely N-dealkylation sites (tertiary alicyclic amines) is 1. The number of para-hydroxylation sites is 1. The first-order chi connectivity index (χ1) is 12.7. The molecule has 2 aromatic rings. The third-order valence-electron chi connectivity index (χ3n) is 5.59. The molecule has 0 aromatic heterocycles.